The molecule has 6 heteroatoms. The molecular weight excluding hydrogens is 721 g/mol. The smallest absolute Gasteiger partial charge is 0.306 e. The average molecular weight is 821 g/mol. The summed E-state index contributed by atoms with van der Waals surface area (Å²) in [6, 6.07) is 0. The Balaban J connectivity index is 4.25. The molecule has 0 N–H and O–H groups in total. The van der Waals surface area contributed by atoms with Gasteiger partial charge in [0, 0.05) is 19.3 Å². The summed E-state index contributed by atoms with van der Waals surface area (Å²) < 4.78 is 16.8. The van der Waals surface area contributed by atoms with Crippen LogP contribution in [0.1, 0.15) is 297 Å². The minimum atomic E-state index is -0.759. The van der Waals surface area contributed by atoms with Gasteiger partial charge in [-0.1, -0.05) is 258 Å². The summed E-state index contributed by atoms with van der Waals surface area (Å²) >= 11 is 0. The molecule has 0 saturated heterocycles. The van der Waals surface area contributed by atoms with Crippen molar-refractivity contribution in [3.8, 4) is 0 Å². The van der Waals surface area contributed by atoms with Gasteiger partial charge in [0.1, 0.15) is 13.2 Å². The van der Waals surface area contributed by atoms with Crippen molar-refractivity contribution in [3.05, 3.63) is 0 Å². The van der Waals surface area contributed by atoms with E-state index in [2.05, 4.69) is 20.8 Å². The van der Waals surface area contributed by atoms with Crippen LogP contribution in [0.15, 0.2) is 0 Å². The summed E-state index contributed by atoms with van der Waals surface area (Å²) in [6.45, 7) is 6.66. The molecule has 0 fully saturated rings. The van der Waals surface area contributed by atoms with E-state index in [0.29, 0.717) is 19.3 Å². The van der Waals surface area contributed by atoms with Crippen LogP contribution >= 0.6 is 0 Å². The molecule has 0 rings (SSSR count). The maximum absolute atomic E-state index is 12.8. The van der Waals surface area contributed by atoms with Gasteiger partial charge >= 0.3 is 17.9 Å². The van der Waals surface area contributed by atoms with Gasteiger partial charge in [0.2, 0.25) is 0 Å². The van der Waals surface area contributed by atoms with Gasteiger partial charge in [-0.3, -0.25) is 14.4 Å². The van der Waals surface area contributed by atoms with Crippen molar-refractivity contribution in [1.82, 2.24) is 0 Å². The van der Waals surface area contributed by atoms with Crippen LogP contribution in [0.3, 0.4) is 0 Å². The van der Waals surface area contributed by atoms with Crippen molar-refractivity contribution in [3.63, 3.8) is 0 Å². The highest BCUT2D eigenvalue weighted by Gasteiger charge is 2.19. The van der Waals surface area contributed by atoms with Crippen molar-refractivity contribution in [2.45, 2.75) is 303 Å². The van der Waals surface area contributed by atoms with Crippen LogP contribution in [-0.2, 0) is 28.6 Å². The molecule has 0 spiro atoms. The van der Waals surface area contributed by atoms with E-state index in [1.807, 2.05) is 0 Å². The molecule has 0 aromatic carbocycles. The summed E-state index contributed by atoms with van der Waals surface area (Å²) in [5.74, 6) is -0.843. The highest BCUT2D eigenvalue weighted by atomic mass is 16.6. The first-order valence-electron chi connectivity index (χ1n) is 26.0. The number of ether oxygens (including phenoxy) is 3. The van der Waals surface area contributed by atoms with Crippen LogP contribution in [0, 0.1) is 0 Å². The maximum Gasteiger partial charge on any atom is 0.306 e. The van der Waals surface area contributed by atoms with Crippen LogP contribution < -0.4 is 0 Å². The molecule has 0 aliphatic rings. The number of esters is 3. The lowest BCUT2D eigenvalue weighted by atomic mass is 10.0. The third-order valence-corrected chi connectivity index (χ3v) is 11.9. The zero-order valence-corrected chi connectivity index (χ0v) is 39.3. The van der Waals surface area contributed by atoms with Crippen LogP contribution in [0.5, 0.6) is 0 Å². The van der Waals surface area contributed by atoms with Crippen molar-refractivity contribution in [2.24, 2.45) is 0 Å². The Morgan fingerprint density at radius 3 is 0.690 bits per heavy atom. The highest BCUT2D eigenvalue weighted by molar-refractivity contribution is 5.71. The Bertz CT molecular complexity index is 859. The Morgan fingerprint density at radius 1 is 0.276 bits per heavy atom. The SMILES string of the molecule is CCCCCCCCCCCCCCCCCCCC(=O)O[C@@H](COC(=O)CCCCCCCCCCC)COC(=O)CCCCCCCCCCCCCCCC. The van der Waals surface area contributed by atoms with Crippen LogP contribution in [0.4, 0.5) is 0 Å². The zero-order valence-electron chi connectivity index (χ0n) is 39.3. The van der Waals surface area contributed by atoms with Crippen molar-refractivity contribution in [2.75, 3.05) is 13.2 Å². The van der Waals surface area contributed by atoms with Gasteiger partial charge in [-0.25, -0.2) is 0 Å². The molecule has 0 aliphatic heterocycles. The third-order valence-electron chi connectivity index (χ3n) is 11.9. The molecule has 1 atom stereocenters. The van der Waals surface area contributed by atoms with E-state index in [4.69, 9.17) is 14.2 Å². The summed E-state index contributed by atoms with van der Waals surface area (Å²) in [4.78, 5) is 37.9. The molecule has 0 aliphatic carbocycles. The van der Waals surface area contributed by atoms with E-state index in [1.165, 1.54) is 199 Å². The Hall–Kier alpha value is -1.59. The van der Waals surface area contributed by atoms with Crippen LogP contribution in [0.25, 0.3) is 0 Å². The monoisotopic (exact) mass is 821 g/mol. The number of carbonyl (C=O) groups is 3. The van der Waals surface area contributed by atoms with E-state index in [-0.39, 0.29) is 31.1 Å². The first-order chi connectivity index (χ1) is 28.5. The molecule has 0 bridgehead atoms. The molecule has 6 nitrogen and oxygen atoms in total. The predicted octanol–water partition coefficient (Wildman–Crippen LogP) is 16.8. The van der Waals surface area contributed by atoms with E-state index < -0.39 is 6.10 Å². The lowest BCUT2D eigenvalue weighted by Gasteiger charge is -2.18. The standard InChI is InChI=1S/C52H100O6/c1-4-7-10-13-16-19-21-23-25-26-27-29-31-34-37-40-43-46-52(55)58-49(47-56-50(53)44-41-38-35-32-18-15-12-9-6-3)48-57-51(54)45-42-39-36-33-30-28-24-22-20-17-14-11-8-5-2/h49H,4-48H2,1-3H3/t49-/m0/s1. The Morgan fingerprint density at radius 2 is 0.466 bits per heavy atom. The maximum atomic E-state index is 12.8. The quantitative estimate of drug-likeness (QED) is 0.0346. The van der Waals surface area contributed by atoms with Crippen molar-refractivity contribution in [1.29, 1.82) is 0 Å². The van der Waals surface area contributed by atoms with Crippen LogP contribution in [-0.4, -0.2) is 37.2 Å². The summed E-state index contributed by atoms with van der Waals surface area (Å²) in [5, 5.41) is 0. The molecule has 0 aromatic heterocycles. The van der Waals surface area contributed by atoms with Gasteiger partial charge in [0.25, 0.3) is 0 Å². The molecule has 0 unspecified atom stereocenters. The molecule has 58 heavy (non-hydrogen) atoms. The van der Waals surface area contributed by atoms with Gasteiger partial charge in [0.05, 0.1) is 0 Å². The van der Waals surface area contributed by atoms with Gasteiger partial charge in [0.15, 0.2) is 6.10 Å². The minimum absolute atomic E-state index is 0.0620. The first kappa shape index (κ1) is 56.4. The van der Waals surface area contributed by atoms with Crippen molar-refractivity contribution >= 4 is 17.9 Å². The second kappa shape index (κ2) is 48.1. The van der Waals surface area contributed by atoms with E-state index in [1.54, 1.807) is 0 Å². The molecule has 0 heterocycles. The Labute approximate surface area is 361 Å². The first-order valence-corrected chi connectivity index (χ1v) is 26.0. The van der Waals surface area contributed by atoms with Crippen molar-refractivity contribution < 1.29 is 28.6 Å². The fraction of sp³-hybridized carbons (Fsp3) is 0.942. The number of rotatable bonds is 48. The fourth-order valence-corrected chi connectivity index (χ4v) is 7.92. The van der Waals surface area contributed by atoms with Gasteiger partial charge in [-0.05, 0) is 19.3 Å². The van der Waals surface area contributed by atoms with Gasteiger partial charge < -0.3 is 14.2 Å². The second-order valence-electron chi connectivity index (χ2n) is 17.8. The zero-order chi connectivity index (χ0) is 42.3. The number of hydrogen-bond donors (Lipinski definition) is 0. The molecule has 0 amide bonds. The van der Waals surface area contributed by atoms with Gasteiger partial charge in [-0.15, -0.1) is 0 Å². The minimum Gasteiger partial charge on any atom is -0.462 e. The highest BCUT2D eigenvalue weighted by Crippen LogP contribution is 2.17. The lowest BCUT2D eigenvalue weighted by molar-refractivity contribution is -0.167. The lowest BCUT2D eigenvalue weighted by Crippen LogP contribution is -2.30. The summed E-state index contributed by atoms with van der Waals surface area (Å²) in [7, 11) is 0. The average Bonchev–Trinajstić information content (AvgIpc) is 3.22. The molecule has 344 valence electrons. The molecule has 0 radical (unpaired) electrons. The second-order valence-corrected chi connectivity index (χ2v) is 17.8. The van der Waals surface area contributed by atoms with Gasteiger partial charge in [-0.2, -0.15) is 0 Å². The number of carbonyl (C=O) groups excluding carboxylic acids is 3. The topological polar surface area (TPSA) is 78.9 Å². The number of unbranched alkanes of at least 4 members (excludes halogenated alkanes) is 37. The van der Waals surface area contributed by atoms with E-state index in [0.717, 1.165) is 57.8 Å². The van der Waals surface area contributed by atoms with Crippen LogP contribution in [0.2, 0.25) is 0 Å². The molecule has 0 saturated carbocycles. The molecular formula is C52H100O6. The summed E-state index contributed by atoms with van der Waals surface area (Å²) in [5.41, 5.74) is 0. The fourth-order valence-electron chi connectivity index (χ4n) is 7.92. The Kier molecular flexibility index (Phi) is 46.8. The van der Waals surface area contributed by atoms with E-state index in [9.17, 15) is 14.4 Å². The largest absolute Gasteiger partial charge is 0.462 e. The predicted molar refractivity (Wildman–Crippen MR) is 247 cm³/mol. The third kappa shape index (κ3) is 45.5. The van der Waals surface area contributed by atoms with E-state index >= 15 is 0 Å². The number of hydrogen-bond acceptors (Lipinski definition) is 6. The normalized spacial score (nSPS) is 11.8. The molecule has 0 aromatic rings. The summed E-state index contributed by atoms with van der Waals surface area (Å²) in [6.07, 6.45) is 50.9.